The molecule has 0 heterocycles. The normalized spacial score (nSPS) is 46.0. The molecule has 4 aliphatic rings. The molecule has 0 radical (unpaired) electrons. The van der Waals surface area contributed by atoms with Crippen molar-refractivity contribution >= 4 is 11.8 Å². The summed E-state index contributed by atoms with van der Waals surface area (Å²) in [6.45, 7) is 8.63. The number of carboxylic acid groups (broad SMARTS) is 1. The van der Waals surface area contributed by atoms with Crippen LogP contribution < -0.4 is 0 Å². The van der Waals surface area contributed by atoms with Crippen LogP contribution in [0.1, 0.15) is 98.3 Å². The molecule has 0 amide bonds. The number of fused-ring (bicyclic) bond motifs is 5. The topological polar surface area (TPSA) is 74.6 Å². The molecule has 4 aliphatic carbocycles. The molecule has 0 aromatic carbocycles. The molecule has 29 heavy (non-hydrogen) atoms. The van der Waals surface area contributed by atoms with Crippen LogP contribution in [-0.2, 0) is 9.59 Å². The predicted molar refractivity (Wildman–Crippen MR) is 114 cm³/mol. The highest BCUT2D eigenvalue weighted by atomic mass is 16.4. The quantitative estimate of drug-likeness (QED) is 0.649. The number of carboxylic acids is 1. The molecule has 166 valence electrons. The van der Waals surface area contributed by atoms with E-state index < -0.39 is 5.97 Å². The third-order valence-electron chi connectivity index (χ3n) is 9.63. The molecule has 0 aromatic heterocycles. The molecular formula is C25H42O4. The summed E-state index contributed by atoms with van der Waals surface area (Å²) in [6.07, 6.45) is 9.92. The van der Waals surface area contributed by atoms with Crippen molar-refractivity contribution in [2.75, 3.05) is 0 Å². The number of aliphatic carboxylic acids is 1. The Morgan fingerprint density at radius 2 is 1.79 bits per heavy atom. The first-order valence-electron chi connectivity index (χ1n) is 12.2. The van der Waals surface area contributed by atoms with Crippen LogP contribution >= 0.6 is 0 Å². The van der Waals surface area contributed by atoms with Gasteiger partial charge in [-0.1, -0.05) is 27.7 Å². The molecule has 0 aromatic rings. The summed E-state index contributed by atoms with van der Waals surface area (Å²) in [4.78, 5) is 24.4. The van der Waals surface area contributed by atoms with Crippen LogP contribution in [0.2, 0.25) is 0 Å². The summed E-state index contributed by atoms with van der Waals surface area (Å²) in [5.74, 6) is 2.31. The lowest BCUT2D eigenvalue weighted by Crippen LogP contribution is -2.57. The van der Waals surface area contributed by atoms with Gasteiger partial charge in [0.25, 0.3) is 0 Å². The maximum absolute atomic E-state index is 13.5. The molecule has 0 saturated heterocycles. The minimum atomic E-state index is -0.726. The van der Waals surface area contributed by atoms with Crippen molar-refractivity contribution in [1.82, 2.24) is 0 Å². The summed E-state index contributed by atoms with van der Waals surface area (Å²) in [5.41, 5.74) is -0.00240. The van der Waals surface area contributed by atoms with Crippen LogP contribution in [0.4, 0.5) is 0 Å². The van der Waals surface area contributed by atoms with Crippen LogP contribution in [0.3, 0.4) is 0 Å². The summed E-state index contributed by atoms with van der Waals surface area (Å²) in [7, 11) is 0. The van der Waals surface area contributed by atoms with Crippen molar-refractivity contribution in [3.05, 3.63) is 0 Å². The summed E-state index contributed by atoms with van der Waals surface area (Å²) in [6, 6.07) is 0. The van der Waals surface area contributed by atoms with Crippen molar-refractivity contribution in [2.45, 2.75) is 104 Å². The molecule has 0 unspecified atom stereocenters. The molecule has 4 nitrogen and oxygen atoms in total. The van der Waals surface area contributed by atoms with Gasteiger partial charge in [-0.05, 0) is 92.8 Å². The number of ketones is 1. The van der Waals surface area contributed by atoms with E-state index in [0.717, 1.165) is 44.9 Å². The first-order valence-corrected chi connectivity index (χ1v) is 12.2. The second-order valence-electron chi connectivity index (χ2n) is 10.6. The lowest BCUT2D eigenvalue weighted by molar-refractivity contribution is -0.159. The second-order valence-corrected chi connectivity index (χ2v) is 10.6. The van der Waals surface area contributed by atoms with Gasteiger partial charge in [-0.3, -0.25) is 9.59 Å². The Kier molecular flexibility index (Phi) is 6.82. The van der Waals surface area contributed by atoms with Crippen LogP contribution in [0.15, 0.2) is 0 Å². The number of carbonyl (C=O) groups is 2. The molecule has 0 spiro atoms. The zero-order valence-electron chi connectivity index (χ0n) is 19.0. The van der Waals surface area contributed by atoms with E-state index in [-0.39, 0.29) is 23.4 Å². The van der Waals surface area contributed by atoms with Gasteiger partial charge in [-0.2, -0.15) is 0 Å². The second kappa shape index (κ2) is 8.69. The predicted octanol–water partition coefficient (Wildman–Crippen LogP) is 5.47. The Balaban J connectivity index is 0.00000117. The molecule has 8 atom stereocenters. The Morgan fingerprint density at radius 1 is 1.07 bits per heavy atom. The monoisotopic (exact) mass is 406 g/mol. The van der Waals surface area contributed by atoms with E-state index in [1.807, 2.05) is 13.8 Å². The Bertz CT molecular complexity index is 616. The number of rotatable bonds is 4. The average Bonchev–Trinajstić information content (AvgIpc) is 3.03. The lowest BCUT2D eigenvalue weighted by atomic mass is 9.44. The SMILES string of the molecule is CC.C[C@]12CC[C@@H](O)C[C@H]1CC[C@@H]1[C@@H]2CC(=O)[C@]2(C)[C@@H](CCCC(=O)O)CC[C@@H]12. The first-order chi connectivity index (χ1) is 13.8. The fourth-order valence-electron chi connectivity index (χ4n) is 8.02. The van der Waals surface area contributed by atoms with E-state index in [4.69, 9.17) is 5.11 Å². The number of aliphatic hydroxyl groups excluding tert-OH is 1. The largest absolute Gasteiger partial charge is 0.481 e. The zero-order valence-corrected chi connectivity index (χ0v) is 19.0. The van der Waals surface area contributed by atoms with Crippen molar-refractivity contribution in [1.29, 1.82) is 0 Å². The smallest absolute Gasteiger partial charge is 0.303 e. The Morgan fingerprint density at radius 3 is 2.48 bits per heavy atom. The van der Waals surface area contributed by atoms with Gasteiger partial charge in [0.1, 0.15) is 5.78 Å². The van der Waals surface area contributed by atoms with Gasteiger partial charge in [0.05, 0.1) is 6.10 Å². The fourth-order valence-corrected chi connectivity index (χ4v) is 8.02. The van der Waals surface area contributed by atoms with Crippen LogP contribution in [0.5, 0.6) is 0 Å². The maximum Gasteiger partial charge on any atom is 0.303 e. The highest BCUT2D eigenvalue weighted by Crippen LogP contribution is 2.66. The number of hydrogen-bond donors (Lipinski definition) is 2. The number of hydrogen-bond acceptors (Lipinski definition) is 3. The number of carbonyl (C=O) groups excluding carboxylic acids is 1. The molecular weight excluding hydrogens is 364 g/mol. The highest BCUT2D eigenvalue weighted by molar-refractivity contribution is 5.87. The zero-order chi connectivity index (χ0) is 21.4. The van der Waals surface area contributed by atoms with Crippen molar-refractivity contribution < 1.29 is 19.8 Å². The van der Waals surface area contributed by atoms with E-state index in [9.17, 15) is 14.7 Å². The highest BCUT2D eigenvalue weighted by Gasteiger charge is 2.63. The van der Waals surface area contributed by atoms with Gasteiger partial charge < -0.3 is 10.2 Å². The van der Waals surface area contributed by atoms with Crippen LogP contribution in [0.25, 0.3) is 0 Å². The summed E-state index contributed by atoms with van der Waals surface area (Å²) >= 11 is 0. The number of Topliss-reactive ketones (excluding diaryl/α,β-unsaturated/α-hetero) is 1. The van der Waals surface area contributed by atoms with E-state index in [2.05, 4.69) is 13.8 Å². The van der Waals surface area contributed by atoms with E-state index in [1.54, 1.807) is 0 Å². The van der Waals surface area contributed by atoms with Gasteiger partial charge in [0.2, 0.25) is 0 Å². The lowest BCUT2D eigenvalue weighted by Gasteiger charge is -2.60. The van der Waals surface area contributed by atoms with Gasteiger partial charge in [-0.25, -0.2) is 0 Å². The van der Waals surface area contributed by atoms with Gasteiger partial charge in [0, 0.05) is 18.3 Å². The minimum absolute atomic E-state index is 0.144. The first kappa shape index (κ1) is 22.8. The summed E-state index contributed by atoms with van der Waals surface area (Å²) < 4.78 is 0. The third-order valence-corrected chi connectivity index (χ3v) is 9.63. The molecule has 4 rings (SSSR count). The Hall–Kier alpha value is -0.900. The standard InChI is InChI=1S/C23H36O4.C2H6/c1-22-11-10-16(24)12-15(22)6-8-17-18-9-7-14(4-3-5-21(26)27)23(18,2)20(25)13-19(17)22;1-2/h14-19,24H,3-13H2,1-2H3,(H,26,27);1-2H3/t14-,15+,16+,17-,18-,19-,22-,23+;/m0./s1. The van der Waals surface area contributed by atoms with Gasteiger partial charge in [0.15, 0.2) is 0 Å². The molecule has 4 heteroatoms. The van der Waals surface area contributed by atoms with Gasteiger partial charge in [-0.15, -0.1) is 0 Å². The third kappa shape index (κ3) is 3.79. The van der Waals surface area contributed by atoms with Crippen LogP contribution in [0, 0.1) is 40.4 Å². The van der Waals surface area contributed by atoms with Crippen molar-refractivity contribution in [3.8, 4) is 0 Å². The van der Waals surface area contributed by atoms with Crippen LogP contribution in [-0.4, -0.2) is 28.1 Å². The number of aliphatic hydroxyl groups is 1. The molecule has 2 N–H and O–H groups in total. The van der Waals surface area contributed by atoms with Crippen molar-refractivity contribution in [3.63, 3.8) is 0 Å². The Labute approximate surface area is 176 Å². The van der Waals surface area contributed by atoms with E-state index in [0.29, 0.717) is 41.8 Å². The van der Waals surface area contributed by atoms with Gasteiger partial charge >= 0.3 is 5.97 Å². The van der Waals surface area contributed by atoms with Crippen molar-refractivity contribution in [2.24, 2.45) is 40.4 Å². The fraction of sp³-hybridized carbons (Fsp3) is 0.920. The van der Waals surface area contributed by atoms with E-state index >= 15 is 0 Å². The molecule has 0 bridgehead atoms. The average molecular weight is 407 g/mol. The minimum Gasteiger partial charge on any atom is -0.481 e. The molecule has 0 aliphatic heterocycles. The molecule has 4 saturated carbocycles. The summed E-state index contributed by atoms with van der Waals surface area (Å²) in [5, 5.41) is 19.1. The molecule has 4 fully saturated rings. The maximum atomic E-state index is 13.5. The van der Waals surface area contributed by atoms with E-state index in [1.165, 1.54) is 12.8 Å².